The summed E-state index contributed by atoms with van der Waals surface area (Å²) < 4.78 is 0. The highest BCUT2D eigenvalue weighted by molar-refractivity contribution is 5.85. The van der Waals surface area contributed by atoms with Crippen molar-refractivity contribution >= 4 is 23.8 Å². The summed E-state index contributed by atoms with van der Waals surface area (Å²) in [6.45, 7) is 8.22. The van der Waals surface area contributed by atoms with Gasteiger partial charge in [0.25, 0.3) is 5.69 Å². The summed E-state index contributed by atoms with van der Waals surface area (Å²) in [4.78, 5) is 15.1. The molecular weight excluding hydrogens is 292 g/mol. The average Bonchev–Trinajstić information content (AvgIpc) is 2.38. The molecule has 7 heteroatoms. The lowest BCUT2D eigenvalue weighted by Crippen LogP contribution is -2.53. The molecule has 21 heavy (non-hydrogen) atoms. The Morgan fingerprint density at radius 1 is 1.24 bits per heavy atom. The van der Waals surface area contributed by atoms with Crippen LogP contribution in [0, 0.1) is 10.1 Å². The Hall–Kier alpha value is -1.37. The number of hydrogen-bond acceptors (Lipinski definition) is 5. The predicted molar refractivity (Wildman–Crippen MR) is 87.3 cm³/mol. The van der Waals surface area contributed by atoms with Crippen molar-refractivity contribution in [2.24, 2.45) is 5.73 Å². The van der Waals surface area contributed by atoms with E-state index in [2.05, 4.69) is 9.80 Å². The van der Waals surface area contributed by atoms with E-state index in [-0.39, 0.29) is 28.6 Å². The van der Waals surface area contributed by atoms with Crippen LogP contribution >= 0.6 is 12.4 Å². The highest BCUT2D eigenvalue weighted by atomic mass is 35.5. The molecule has 2 rings (SSSR count). The highest BCUT2D eigenvalue weighted by Gasteiger charge is 2.25. The number of halogens is 1. The zero-order valence-corrected chi connectivity index (χ0v) is 13.3. The summed E-state index contributed by atoms with van der Waals surface area (Å²) in [6.07, 6.45) is 0. The zero-order chi connectivity index (χ0) is 14.8. The Morgan fingerprint density at radius 2 is 1.81 bits per heavy atom. The molecule has 0 unspecified atom stereocenters. The maximum absolute atomic E-state index is 11.1. The van der Waals surface area contributed by atoms with Crippen molar-refractivity contribution in [3.05, 3.63) is 34.4 Å². The monoisotopic (exact) mass is 314 g/mol. The molecule has 0 saturated carbocycles. The van der Waals surface area contributed by atoms with Crippen LogP contribution in [0.15, 0.2) is 24.3 Å². The summed E-state index contributed by atoms with van der Waals surface area (Å²) in [5.41, 5.74) is 6.72. The second kappa shape index (κ2) is 7.06. The molecule has 118 valence electrons. The molecule has 1 heterocycles. The minimum absolute atomic E-state index is 0. The normalized spacial score (nSPS) is 16.4. The molecule has 1 saturated heterocycles. The Balaban J connectivity index is 0.00000220. The maximum Gasteiger partial charge on any atom is 0.292 e. The van der Waals surface area contributed by atoms with Crippen LogP contribution in [0.4, 0.5) is 11.4 Å². The average molecular weight is 315 g/mol. The third kappa shape index (κ3) is 4.84. The smallest absolute Gasteiger partial charge is 0.292 e. The van der Waals surface area contributed by atoms with Crippen molar-refractivity contribution in [1.29, 1.82) is 0 Å². The van der Waals surface area contributed by atoms with Crippen LogP contribution in [0.5, 0.6) is 0 Å². The lowest BCUT2D eigenvalue weighted by molar-refractivity contribution is -0.384. The molecule has 1 fully saturated rings. The van der Waals surface area contributed by atoms with Gasteiger partial charge in [0.1, 0.15) is 5.69 Å². The molecule has 1 aliphatic rings. The number of nitrogens with two attached hydrogens (primary N) is 1. The number of piperazine rings is 1. The number of nitro groups is 1. The second-order valence-electron chi connectivity index (χ2n) is 6.00. The SMILES string of the molecule is CC(C)(N)CN1CCN(c2ccccc2[N+](=O)[O-])CC1.Cl. The van der Waals surface area contributed by atoms with Gasteiger partial charge in [-0.3, -0.25) is 15.0 Å². The molecule has 0 amide bonds. The summed E-state index contributed by atoms with van der Waals surface area (Å²) in [5.74, 6) is 0. The fourth-order valence-corrected chi connectivity index (χ4v) is 2.61. The molecule has 0 bridgehead atoms. The van der Waals surface area contributed by atoms with E-state index in [4.69, 9.17) is 5.73 Å². The van der Waals surface area contributed by atoms with E-state index in [1.54, 1.807) is 12.1 Å². The molecule has 2 N–H and O–H groups in total. The molecule has 1 aliphatic heterocycles. The minimum Gasteiger partial charge on any atom is -0.363 e. The standard InChI is InChI=1S/C14H22N4O2.ClH/c1-14(2,15)11-16-7-9-17(10-8-16)12-5-3-4-6-13(12)18(19)20;/h3-6H,7-11,15H2,1-2H3;1H. The van der Waals surface area contributed by atoms with Gasteiger partial charge in [0, 0.05) is 44.3 Å². The number of hydrogen-bond donors (Lipinski definition) is 1. The molecule has 1 aromatic carbocycles. The summed E-state index contributed by atoms with van der Waals surface area (Å²) in [7, 11) is 0. The topological polar surface area (TPSA) is 75.6 Å². The van der Waals surface area contributed by atoms with E-state index in [0.717, 1.165) is 32.7 Å². The third-order valence-electron chi connectivity index (χ3n) is 3.42. The lowest BCUT2D eigenvalue weighted by Gasteiger charge is -2.38. The van der Waals surface area contributed by atoms with Gasteiger partial charge < -0.3 is 10.6 Å². The Morgan fingerprint density at radius 3 is 2.33 bits per heavy atom. The van der Waals surface area contributed by atoms with Gasteiger partial charge >= 0.3 is 0 Å². The van der Waals surface area contributed by atoms with Crippen molar-refractivity contribution in [3.8, 4) is 0 Å². The number of anilines is 1. The first-order valence-corrected chi connectivity index (χ1v) is 6.86. The third-order valence-corrected chi connectivity index (χ3v) is 3.42. The summed E-state index contributed by atoms with van der Waals surface area (Å²) in [6, 6.07) is 6.93. The Kier molecular flexibility index (Phi) is 5.95. The summed E-state index contributed by atoms with van der Waals surface area (Å²) in [5, 5.41) is 11.1. The number of para-hydroxylation sites is 2. The highest BCUT2D eigenvalue weighted by Crippen LogP contribution is 2.28. The Bertz CT molecular complexity index is 482. The largest absolute Gasteiger partial charge is 0.363 e. The van der Waals surface area contributed by atoms with E-state index in [9.17, 15) is 10.1 Å². The first-order valence-electron chi connectivity index (χ1n) is 6.86. The van der Waals surface area contributed by atoms with Crippen LogP contribution < -0.4 is 10.6 Å². The first kappa shape index (κ1) is 17.7. The molecule has 0 aliphatic carbocycles. The van der Waals surface area contributed by atoms with Crippen LogP contribution in [-0.2, 0) is 0 Å². The zero-order valence-electron chi connectivity index (χ0n) is 12.5. The van der Waals surface area contributed by atoms with Crippen LogP contribution in [0.1, 0.15) is 13.8 Å². The van der Waals surface area contributed by atoms with Gasteiger partial charge in [-0.1, -0.05) is 12.1 Å². The van der Waals surface area contributed by atoms with Crippen molar-refractivity contribution in [1.82, 2.24) is 4.90 Å². The van der Waals surface area contributed by atoms with Gasteiger partial charge in [0.05, 0.1) is 4.92 Å². The molecule has 0 radical (unpaired) electrons. The Labute approximate surface area is 131 Å². The summed E-state index contributed by atoms with van der Waals surface area (Å²) >= 11 is 0. The van der Waals surface area contributed by atoms with Crippen molar-refractivity contribution in [2.75, 3.05) is 37.6 Å². The molecule has 0 atom stereocenters. The lowest BCUT2D eigenvalue weighted by atomic mass is 10.1. The maximum atomic E-state index is 11.1. The van der Waals surface area contributed by atoms with Gasteiger partial charge in [-0.2, -0.15) is 0 Å². The molecule has 0 aromatic heterocycles. The van der Waals surface area contributed by atoms with E-state index in [0.29, 0.717) is 5.69 Å². The van der Waals surface area contributed by atoms with Crippen LogP contribution in [0.25, 0.3) is 0 Å². The van der Waals surface area contributed by atoms with Crippen LogP contribution in [-0.4, -0.2) is 48.1 Å². The van der Waals surface area contributed by atoms with Crippen LogP contribution in [0.2, 0.25) is 0 Å². The van der Waals surface area contributed by atoms with Gasteiger partial charge in [-0.25, -0.2) is 0 Å². The minimum atomic E-state index is -0.315. The first-order chi connectivity index (χ1) is 9.37. The fraction of sp³-hybridized carbons (Fsp3) is 0.571. The fourth-order valence-electron chi connectivity index (χ4n) is 2.61. The second-order valence-corrected chi connectivity index (χ2v) is 6.00. The number of rotatable bonds is 4. The van der Waals surface area contributed by atoms with Gasteiger partial charge in [-0.15, -0.1) is 12.4 Å². The quantitative estimate of drug-likeness (QED) is 0.678. The molecule has 0 spiro atoms. The molecule has 1 aromatic rings. The number of nitro benzene ring substituents is 1. The van der Waals surface area contributed by atoms with E-state index in [1.807, 2.05) is 26.0 Å². The number of benzene rings is 1. The van der Waals surface area contributed by atoms with Gasteiger partial charge in [-0.05, 0) is 19.9 Å². The van der Waals surface area contributed by atoms with Crippen molar-refractivity contribution in [3.63, 3.8) is 0 Å². The van der Waals surface area contributed by atoms with E-state index in [1.165, 1.54) is 0 Å². The van der Waals surface area contributed by atoms with E-state index < -0.39 is 0 Å². The van der Waals surface area contributed by atoms with Crippen molar-refractivity contribution in [2.45, 2.75) is 19.4 Å². The van der Waals surface area contributed by atoms with Crippen LogP contribution in [0.3, 0.4) is 0 Å². The van der Waals surface area contributed by atoms with Crippen molar-refractivity contribution < 1.29 is 4.92 Å². The van der Waals surface area contributed by atoms with Gasteiger partial charge in [0.15, 0.2) is 0 Å². The number of nitrogens with zero attached hydrogens (tertiary/aromatic N) is 3. The predicted octanol–water partition coefficient (Wildman–Crippen LogP) is 1.88. The molecule has 6 nitrogen and oxygen atoms in total. The van der Waals surface area contributed by atoms with E-state index >= 15 is 0 Å². The van der Waals surface area contributed by atoms with Gasteiger partial charge in [0.2, 0.25) is 0 Å². The molecular formula is C14H23ClN4O2.